The molecule has 1 N–H and O–H groups in total. The Morgan fingerprint density at radius 1 is 1.10 bits per heavy atom. The van der Waals surface area contributed by atoms with Crippen LogP contribution in [0.1, 0.15) is 71.1 Å². The summed E-state index contributed by atoms with van der Waals surface area (Å²) < 4.78 is 19.6. The number of carbonyl (C=O) groups is 2. The molecule has 0 bridgehead atoms. The van der Waals surface area contributed by atoms with Crippen LogP contribution in [0.3, 0.4) is 0 Å². The summed E-state index contributed by atoms with van der Waals surface area (Å²) in [6.07, 6.45) is 10.2. The number of hydrogen-bond donors (Lipinski definition) is 1. The van der Waals surface area contributed by atoms with E-state index in [1.54, 1.807) is 9.58 Å². The van der Waals surface area contributed by atoms with Gasteiger partial charge >= 0.3 is 19.2 Å². The van der Waals surface area contributed by atoms with Crippen molar-refractivity contribution in [1.29, 1.82) is 0 Å². The van der Waals surface area contributed by atoms with E-state index in [1.165, 1.54) is 0 Å². The number of aryl methyl sites for hydroxylation is 1. The lowest BCUT2D eigenvalue weighted by molar-refractivity contribution is -0.137. The van der Waals surface area contributed by atoms with Gasteiger partial charge in [-0.3, -0.25) is 14.4 Å². The van der Waals surface area contributed by atoms with Gasteiger partial charge in [0.2, 0.25) is 0 Å². The predicted octanol–water partition coefficient (Wildman–Crippen LogP) is 4.20. The largest absolute Gasteiger partial charge is 0.494 e. The number of aromatic nitrogens is 3. The Kier molecular flexibility index (Phi) is 8.92. The Morgan fingerprint density at radius 3 is 2.46 bits per heavy atom. The van der Waals surface area contributed by atoms with E-state index in [1.807, 2.05) is 76.4 Å². The maximum absolute atomic E-state index is 13.1. The second-order valence-corrected chi connectivity index (χ2v) is 10.9. The molecular formula is C28H37BN4O6. The molecule has 0 spiro atoms. The molecule has 2 aliphatic rings. The fourth-order valence-corrected chi connectivity index (χ4v) is 4.30. The summed E-state index contributed by atoms with van der Waals surface area (Å²) >= 11 is 0. The van der Waals surface area contributed by atoms with Crippen molar-refractivity contribution in [3.05, 3.63) is 65.6 Å². The number of carbonyl (C=O) groups excluding carboxylic acids is 1. The molecule has 1 aliphatic carbocycles. The lowest BCUT2D eigenvalue weighted by Crippen LogP contribution is -2.41. The topological polar surface area (TPSA) is 116 Å². The van der Waals surface area contributed by atoms with Crippen molar-refractivity contribution in [2.24, 2.45) is 0 Å². The van der Waals surface area contributed by atoms with Crippen molar-refractivity contribution in [3.63, 3.8) is 0 Å². The Balaban J connectivity index is 1.31. The van der Waals surface area contributed by atoms with Crippen LogP contribution in [0.25, 0.3) is 0 Å². The van der Waals surface area contributed by atoms with Gasteiger partial charge in [0.15, 0.2) is 0 Å². The highest BCUT2D eigenvalue weighted by Crippen LogP contribution is 2.36. The first-order valence-corrected chi connectivity index (χ1v) is 13.4. The minimum Gasteiger partial charge on any atom is -0.481 e. The Bertz CT molecular complexity index is 1200. The third-order valence-corrected chi connectivity index (χ3v) is 7.37. The van der Waals surface area contributed by atoms with E-state index in [2.05, 4.69) is 10.3 Å². The fourth-order valence-electron chi connectivity index (χ4n) is 4.30. The molecule has 4 rings (SSSR count). The van der Waals surface area contributed by atoms with Crippen molar-refractivity contribution in [2.75, 3.05) is 0 Å². The standard InChI is InChI=1S/C28H37BN4O6/c1-27(2)28(3,4)39-29(38-27)22-15-13-21(14-16-22)20-37-26(36)33(24-10-7-8-11-24)19-23-18-32(31-30-23)17-9-5-6-12-25(34)35/h7-8,10,13-16,18H,5-6,9,11-12,17,19-20H2,1-4H3,(H,34,35). The van der Waals surface area contributed by atoms with Crippen molar-refractivity contribution in [3.8, 4) is 0 Å². The molecule has 0 atom stereocenters. The van der Waals surface area contributed by atoms with Crippen LogP contribution < -0.4 is 5.46 Å². The van der Waals surface area contributed by atoms with E-state index in [4.69, 9.17) is 19.2 Å². The molecule has 1 saturated heterocycles. The number of hydrogen-bond acceptors (Lipinski definition) is 7. The van der Waals surface area contributed by atoms with Crippen molar-refractivity contribution >= 4 is 24.6 Å². The first-order valence-electron chi connectivity index (χ1n) is 13.4. The quantitative estimate of drug-likeness (QED) is 0.317. The van der Waals surface area contributed by atoms with Gasteiger partial charge in [-0.05, 0) is 57.6 Å². The predicted molar refractivity (Wildman–Crippen MR) is 146 cm³/mol. The molecule has 1 aromatic carbocycles. The maximum Gasteiger partial charge on any atom is 0.494 e. The molecule has 1 aliphatic heterocycles. The molecule has 11 heteroatoms. The van der Waals surface area contributed by atoms with E-state index < -0.39 is 30.4 Å². The molecule has 1 amide bonds. The van der Waals surface area contributed by atoms with E-state index in [-0.39, 0.29) is 19.6 Å². The first-order chi connectivity index (χ1) is 18.5. The number of amides is 1. The number of carboxylic acids is 1. The zero-order valence-corrected chi connectivity index (χ0v) is 23.1. The minimum atomic E-state index is -0.778. The number of nitrogens with zero attached hydrogens (tertiary/aromatic N) is 4. The number of unbranched alkanes of at least 4 members (excludes halogenated alkanes) is 2. The van der Waals surface area contributed by atoms with E-state index in [0.29, 0.717) is 25.1 Å². The fraction of sp³-hybridized carbons (Fsp3) is 0.500. The van der Waals surface area contributed by atoms with Crippen LogP contribution in [-0.2, 0) is 38.5 Å². The summed E-state index contributed by atoms with van der Waals surface area (Å²) in [6, 6.07) is 7.70. The molecule has 0 radical (unpaired) electrons. The number of rotatable bonds is 12. The van der Waals surface area contributed by atoms with Crippen LogP contribution in [-0.4, -0.2) is 55.4 Å². The van der Waals surface area contributed by atoms with Crippen LogP contribution in [0.5, 0.6) is 0 Å². The average Bonchev–Trinajstić information content (AvgIpc) is 3.61. The van der Waals surface area contributed by atoms with Gasteiger partial charge in [0.05, 0.1) is 23.9 Å². The minimum absolute atomic E-state index is 0.128. The Labute approximate surface area is 229 Å². The molecule has 0 unspecified atom stereocenters. The van der Waals surface area contributed by atoms with Gasteiger partial charge < -0.3 is 19.2 Å². The number of benzene rings is 1. The van der Waals surface area contributed by atoms with Crippen LogP contribution in [0.4, 0.5) is 4.79 Å². The number of aliphatic carboxylic acids is 1. The molecule has 0 saturated carbocycles. The highest BCUT2D eigenvalue weighted by Gasteiger charge is 2.51. The van der Waals surface area contributed by atoms with Gasteiger partial charge in [0.25, 0.3) is 0 Å². The summed E-state index contributed by atoms with van der Waals surface area (Å²) in [7, 11) is -0.443. The summed E-state index contributed by atoms with van der Waals surface area (Å²) in [5.74, 6) is -0.778. The van der Waals surface area contributed by atoms with Crippen LogP contribution >= 0.6 is 0 Å². The average molecular weight is 536 g/mol. The van der Waals surface area contributed by atoms with Gasteiger partial charge in [-0.15, -0.1) is 5.10 Å². The highest BCUT2D eigenvalue weighted by atomic mass is 16.7. The van der Waals surface area contributed by atoms with Gasteiger partial charge in [-0.1, -0.05) is 48.1 Å². The molecule has 2 heterocycles. The van der Waals surface area contributed by atoms with Crippen LogP contribution in [0, 0.1) is 0 Å². The van der Waals surface area contributed by atoms with Crippen LogP contribution in [0.15, 0.2) is 54.4 Å². The monoisotopic (exact) mass is 536 g/mol. The molecule has 39 heavy (non-hydrogen) atoms. The third-order valence-electron chi connectivity index (χ3n) is 7.37. The van der Waals surface area contributed by atoms with E-state index >= 15 is 0 Å². The maximum atomic E-state index is 13.1. The zero-order valence-electron chi connectivity index (χ0n) is 23.1. The second kappa shape index (κ2) is 12.2. The molecule has 2 aromatic rings. The summed E-state index contributed by atoms with van der Waals surface area (Å²) in [6.45, 7) is 9.10. The van der Waals surface area contributed by atoms with Gasteiger partial charge in [-0.2, -0.15) is 0 Å². The lowest BCUT2D eigenvalue weighted by atomic mass is 9.79. The van der Waals surface area contributed by atoms with E-state index in [0.717, 1.165) is 29.6 Å². The third kappa shape index (κ3) is 7.36. The Morgan fingerprint density at radius 2 is 1.82 bits per heavy atom. The number of carboxylic acid groups (broad SMARTS) is 1. The zero-order chi connectivity index (χ0) is 28.0. The Hall–Kier alpha value is -3.44. The lowest BCUT2D eigenvalue weighted by Gasteiger charge is -2.32. The molecule has 10 nitrogen and oxygen atoms in total. The smallest absolute Gasteiger partial charge is 0.481 e. The first kappa shape index (κ1) is 28.6. The second-order valence-electron chi connectivity index (χ2n) is 10.9. The molecule has 1 aromatic heterocycles. The SMILES string of the molecule is CC1(C)OB(c2ccc(COC(=O)N(Cc3cn(CCCCCC(=O)O)nn3)C3=CC=CC3)cc2)OC1(C)C. The molecule has 1 fully saturated rings. The molecule has 208 valence electrons. The highest BCUT2D eigenvalue weighted by molar-refractivity contribution is 6.62. The summed E-state index contributed by atoms with van der Waals surface area (Å²) in [4.78, 5) is 25.4. The van der Waals surface area contributed by atoms with Gasteiger partial charge in [0.1, 0.15) is 12.3 Å². The number of allylic oxidation sites excluding steroid dienone is 3. The van der Waals surface area contributed by atoms with Crippen LogP contribution in [0.2, 0.25) is 0 Å². The van der Waals surface area contributed by atoms with Crippen molar-refractivity contribution in [1.82, 2.24) is 19.9 Å². The van der Waals surface area contributed by atoms with Crippen molar-refractivity contribution < 1.29 is 28.7 Å². The summed E-state index contributed by atoms with van der Waals surface area (Å²) in [5, 5.41) is 17.1. The van der Waals surface area contributed by atoms with E-state index in [9.17, 15) is 9.59 Å². The van der Waals surface area contributed by atoms with Gasteiger partial charge in [-0.25, -0.2) is 4.79 Å². The van der Waals surface area contributed by atoms with Gasteiger partial charge in [0, 0.05) is 25.1 Å². The molecular weight excluding hydrogens is 499 g/mol. The summed E-state index contributed by atoms with van der Waals surface area (Å²) in [5.41, 5.74) is 2.43. The number of ether oxygens (including phenoxy) is 1. The van der Waals surface area contributed by atoms with Crippen molar-refractivity contribution in [2.45, 2.75) is 90.7 Å². The normalized spacial score (nSPS) is 17.3.